The van der Waals surface area contributed by atoms with Crippen molar-refractivity contribution >= 4 is 22.9 Å². The molecule has 0 radical (unpaired) electrons. The average Bonchev–Trinajstić information content (AvgIpc) is 2.85. The van der Waals surface area contributed by atoms with Crippen LogP contribution in [0.15, 0.2) is 11.4 Å². The minimum atomic E-state index is 0.182. The number of rotatable bonds is 6. The SMILES string of the molecule is CCCNC(c1sccc1Cl)C1(N(C)C)CCCC(C)C1. The van der Waals surface area contributed by atoms with Crippen molar-refractivity contribution < 1.29 is 0 Å². The molecule has 4 heteroatoms. The van der Waals surface area contributed by atoms with Crippen LogP contribution in [0, 0.1) is 5.92 Å². The summed E-state index contributed by atoms with van der Waals surface area (Å²) in [5.41, 5.74) is 0.182. The van der Waals surface area contributed by atoms with E-state index >= 15 is 0 Å². The van der Waals surface area contributed by atoms with Gasteiger partial charge in [0.05, 0.1) is 11.1 Å². The Labute approximate surface area is 138 Å². The van der Waals surface area contributed by atoms with Crippen molar-refractivity contribution in [1.29, 1.82) is 0 Å². The number of nitrogens with one attached hydrogen (secondary N) is 1. The number of hydrogen-bond donors (Lipinski definition) is 1. The van der Waals surface area contributed by atoms with Crippen molar-refractivity contribution in [3.8, 4) is 0 Å². The Morgan fingerprint density at radius 2 is 2.29 bits per heavy atom. The van der Waals surface area contributed by atoms with Crippen LogP contribution in [0.1, 0.15) is 56.9 Å². The van der Waals surface area contributed by atoms with Gasteiger partial charge in [0, 0.05) is 10.4 Å². The molecule has 0 aliphatic heterocycles. The molecule has 3 atom stereocenters. The summed E-state index contributed by atoms with van der Waals surface area (Å²) in [4.78, 5) is 3.76. The van der Waals surface area contributed by atoms with Gasteiger partial charge in [-0.25, -0.2) is 0 Å². The first-order valence-electron chi connectivity index (χ1n) is 8.15. The van der Waals surface area contributed by atoms with Crippen molar-refractivity contribution in [3.63, 3.8) is 0 Å². The Balaban J connectivity index is 2.38. The summed E-state index contributed by atoms with van der Waals surface area (Å²) >= 11 is 8.29. The normalized spacial score (nSPS) is 28.0. The van der Waals surface area contributed by atoms with E-state index in [1.54, 1.807) is 11.3 Å². The number of thiophene rings is 1. The molecule has 0 spiro atoms. The molecule has 1 aromatic heterocycles. The van der Waals surface area contributed by atoms with Gasteiger partial charge in [-0.2, -0.15) is 0 Å². The van der Waals surface area contributed by atoms with Crippen molar-refractivity contribution in [1.82, 2.24) is 10.2 Å². The Morgan fingerprint density at radius 1 is 1.52 bits per heavy atom. The van der Waals surface area contributed by atoms with E-state index < -0.39 is 0 Å². The molecule has 0 saturated heterocycles. The smallest absolute Gasteiger partial charge is 0.0616 e. The molecule has 1 aromatic rings. The highest BCUT2D eigenvalue weighted by Crippen LogP contribution is 2.46. The number of likely N-dealkylation sites (N-methyl/N-ethyl adjacent to an activating group) is 1. The predicted molar refractivity (Wildman–Crippen MR) is 94.4 cm³/mol. The predicted octanol–water partition coefficient (Wildman–Crippen LogP) is 4.95. The second-order valence-electron chi connectivity index (χ2n) is 6.72. The average molecular weight is 329 g/mol. The van der Waals surface area contributed by atoms with Gasteiger partial charge in [-0.1, -0.05) is 38.3 Å². The third-order valence-electron chi connectivity index (χ3n) is 4.94. The lowest BCUT2D eigenvalue weighted by atomic mass is 9.71. The number of halogens is 1. The Hall–Kier alpha value is -0.0900. The van der Waals surface area contributed by atoms with Crippen LogP contribution >= 0.6 is 22.9 Å². The molecule has 2 nitrogen and oxygen atoms in total. The first-order chi connectivity index (χ1) is 10.0. The molecule has 0 aromatic carbocycles. The molecule has 1 aliphatic rings. The third kappa shape index (κ3) is 3.64. The molecule has 1 aliphatic carbocycles. The maximum atomic E-state index is 6.49. The van der Waals surface area contributed by atoms with Gasteiger partial charge in [0.15, 0.2) is 0 Å². The van der Waals surface area contributed by atoms with Gasteiger partial charge < -0.3 is 10.2 Å². The van der Waals surface area contributed by atoms with Gasteiger partial charge in [0.1, 0.15) is 0 Å². The first-order valence-corrected chi connectivity index (χ1v) is 9.40. The Morgan fingerprint density at radius 3 is 2.81 bits per heavy atom. The Bertz CT molecular complexity index is 446. The van der Waals surface area contributed by atoms with Crippen molar-refractivity contribution in [2.24, 2.45) is 5.92 Å². The fourth-order valence-corrected chi connectivity index (χ4v) is 5.17. The second kappa shape index (κ2) is 7.45. The molecule has 1 saturated carbocycles. The third-order valence-corrected chi connectivity index (χ3v) is 6.37. The zero-order chi connectivity index (χ0) is 15.5. The molecule has 2 rings (SSSR count). The molecule has 1 fully saturated rings. The lowest BCUT2D eigenvalue weighted by Gasteiger charge is -2.50. The summed E-state index contributed by atoms with van der Waals surface area (Å²) < 4.78 is 0. The largest absolute Gasteiger partial charge is 0.308 e. The fourth-order valence-electron chi connectivity index (χ4n) is 3.82. The van der Waals surface area contributed by atoms with Crippen molar-refractivity contribution in [2.45, 2.75) is 57.5 Å². The van der Waals surface area contributed by atoms with E-state index in [-0.39, 0.29) is 5.54 Å². The minimum Gasteiger partial charge on any atom is -0.308 e. The van der Waals surface area contributed by atoms with Gasteiger partial charge in [0.25, 0.3) is 0 Å². The van der Waals surface area contributed by atoms with E-state index in [2.05, 4.69) is 43.5 Å². The monoisotopic (exact) mass is 328 g/mol. The fraction of sp³-hybridized carbons (Fsp3) is 0.765. The highest BCUT2D eigenvalue weighted by molar-refractivity contribution is 7.10. The Kier molecular flexibility index (Phi) is 6.13. The summed E-state index contributed by atoms with van der Waals surface area (Å²) in [5.74, 6) is 0.783. The van der Waals surface area contributed by atoms with E-state index in [0.29, 0.717) is 6.04 Å². The highest BCUT2D eigenvalue weighted by atomic mass is 35.5. The van der Waals surface area contributed by atoms with Crippen LogP contribution in [0.5, 0.6) is 0 Å². The summed E-state index contributed by atoms with van der Waals surface area (Å²) in [5, 5.41) is 6.85. The van der Waals surface area contributed by atoms with Crippen LogP contribution in [0.4, 0.5) is 0 Å². The van der Waals surface area contributed by atoms with E-state index in [9.17, 15) is 0 Å². The lowest BCUT2D eigenvalue weighted by Crippen LogP contribution is -2.56. The van der Waals surface area contributed by atoms with Gasteiger partial charge in [0.2, 0.25) is 0 Å². The lowest BCUT2D eigenvalue weighted by molar-refractivity contribution is 0.0379. The molecule has 120 valence electrons. The van der Waals surface area contributed by atoms with Crippen LogP contribution in [-0.2, 0) is 0 Å². The molecule has 0 amide bonds. The molecule has 0 bridgehead atoms. The van der Waals surface area contributed by atoms with E-state index in [1.165, 1.54) is 30.6 Å². The zero-order valence-corrected chi connectivity index (χ0v) is 15.4. The van der Waals surface area contributed by atoms with Crippen molar-refractivity contribution in [3.05, 3.63) is 21.3 Å². The molecular formula is C17H29ClN2S. The van der Waals surface area contributed by atoms with Crippen LogP contribution in [-0.4, -0.2) is 31.1 Å². The van der Waals surface area contributed by atoms with Crippen molar-refractivity contribution in [2.75, 3.05) is 20.6 Å². The quantitative estimate of drug-likeness (QED) is 0.794. The molecule has 3 unspecified atom stereocenters. The maximum absolute atomic E-state index is 6.49. The van der Waals surface area contributed by atoms with Gasteiger partial charge >= 0.3 is 0 Å². The standard InChI is InChI=1S/C17H29ClN2S/c1-5-10-19-16(15-14(18)8-11-21-15)17(20(3)4)9-6-7-13(2)12-17/h8,11,13,16,19H,5-7,9-10,12H2,1-4H3. The first kappa shape index (κ1) is 17.3. The molecule has 1 N–H and O–H groups in total. The van der Waals surface area contributed by atoms with E-state index in [0.717, 1.165) is 23.9 Å². The second-order valence-corrected chi connectivity index (χ2v) is 8.07. The molecular weight excluding hydrogens is 300 g/mol. The number of nitrogens with zero attached hydrogens (tertiary/aromatic N) is 1. The maximum Gasteiger partial charge on any atom is 0.0616 e. The zero-order valence-electron chi connectivity index (χ0n) is 13.8. The summed E-state index contributed by atoms with van der Waals surface area (Å²) in [6.07, 6.45) is 6.31. The molecule has 21 heavy (non-hydrogen) atoms. The van der Waals surface area contributed by atoms with Crippen LogP contribution < -0.4 is 5.32 Å². The molecule has 1 heterocycles. The van der Waals surface area contributed by atoms with Gasteiger partial charge in [-0.05, 0) is 57.3 Å². The summed E-state index contributed by atoms with van der Waals surface area (Å²) in [6.45, 7) is 5.67. The van der Waals surface area contributed by atoms with Crippen LogP contribution in [0.3, 0.4) is 0 Å². The van der Waals surface area contributed by atoms with Crippen LogP contribution in [0.2, 0.25) is 5.02 Å². The van der Waals surface area contributed by atoms with E-state index in [1.807, 2.05) is 6.07 Å². The topological polar surface area (TPSA) is 15.3 Å². The van der Waals surface area contributed by atoms with Gasteiger partial charge in [-0.3, -0.25) is 0 Å². The number of hydrogen-bond acceptors (Lipinski definition) is 3. The van der Waals surface area contributed by atoms with Gasteiger partial charge in [-0.15, -0.1) is 11.3 Å². The summed E-state index contributed by atoms with van der Waals surface area (Å²) in [7, 11) is 4.47. The summed E-state index contributed by atoms with van der Waals surface area (Å²) in [6, 6.07) is 2.38. The van der Waals surface area contributed by atoms with Crippen LogP contribution in [0.25, 0.3) is 0 Å². The van der Waals surface area contributed by atoms with E-state index in [4.69, 9.17) is 11.6 Å². The minimum absolute atomic E-state index is 0.182. The highest BCUT2D eigenvalue weighted by Gasteiger charge is 2.45.